The van der Waals surface area contributed by atoms with Gasteiger partial charge in [0.1, 0.15) is 11.7 Å². The van der Waals surface area contributed by atoms with Crippen LogP contribution in [0.5, 0.6) is 0 Å². The molecule has 3 fully saturated rings. The SMILES string of the molecule is COC(=O)/C(=C\C1CCCCC1)C(=O)/C=C/[C@H]1COC2(CCCCC2)O1. The van der Waals surface area contributed by atoms with E-state index in [9.17, 15) is 9.59 Å². The van der Waals surface area contributed by atoms with E-state index in [0.717, 1.165) is 51.4 Å². The van der Waals surface area contributed by atoms with Crippen molar-refractivity contribution in [1.82, 2.24) is 0 Å². The lowest BCUT2D eigenvalue weighted by molar-refractivity contribution is -0.183. The minimum atomic E-state index is -0.558. The van der Waals surface area contributed by atoms with E-state index >= 15 is 0 Å². The third-order valence-corrected chi connectivity index (χ3v) is 5.68. The maximum Gasteiger partial charge on any atom is 0.341 e. The second-order valence-electron chi connectivity index (χ2n) is 7.63. The number of hydrogen-bond acceptors (Lipinski definition) is 5. The Labute approximate surface area is 155 Å². The van der Waals surface area contributed by atoms with Crippen molar-refractivity contribution >= 4 is 11.8 Å². The summed E-state index contributed by atoms with van der Waals surface area (Å²) in [5, 5.41) is 0. The van der Waals surface area contributed by atoms with Crippen molar-refractivity contribution in [2.24, 2.45) is 5.92 Å². The predicted octanol–water partition coefficient (Wildman–Crippen LogP) is 3.87. The monoisotopic (exact) mass is 362 g/mol. The Morgan fingerprint density at radius 3 is 2.42 bits per heavy atom. The summed E-state index contributed by atoms with van der Waals surface area (Å²) in [5.41, 5.74) is 0.141. The second-order valence-corrected chi connectivity index (χ2v) is 7.63. The molecule has 1 aliphatic heterocycles. The summed E-state index contributed by atoms with van der Waals surface area (Å²) in [6.45, 7) is 0.462. The number of rotatable bonds is 5. The van der Waals surface area contributed by atoms with E-state index < -0.39 is 11.8 Å². The number of esters is 1. The van der Waals surface area contributed by atoms with Crippen molar-refractivity contribution < 1.29 is 23.8 Å². The summed E-state index contributed by atoms with van der Waals surface area (Å²) < 4.78 is 16.8. The van der Waals surface area contributed by atoms with E-state index in [4.69, 9.17) is 14.2 Å². The van der Waals surface area contributed by atoms with Gasteiger partial charge < -0.3 is 14.2 Å². The molecule has 5 heteroatoms. The highest BCUT2D eigenvalue weighted by Gasteiger charge is 2.41. The first kappa shape index (κ1) is 19.3. The molecule has 2 saturated carbocycles. The molecule has 5 nitrogen and oxygen atoms in total. The van der Waals surface area contributed by atoms with Crippen LogP contribution in [0.4, 0.5) is 0 Å². The van der Waals surface area contributed by atoms with Gasteiger partial charge in [0.05, 0.1) is 13.7 Å². The number of ketones is 1. The summed E-state index contributed by atoms with van der Waals surface area (Å²) in [5.74, 6) is -1.04. The maximum absolute atomic E-state index is 12.6. The van der Waals surface area contributed by atoms with Crippen LogP contribution in [0.15, 0.2) is 23.8 Å². The lowest BCUT2D eigenvalue weighted by atomic mass is 9.87. The number of carbonyl (C=O) groups is 2. The van der Waals surface area contributed by atoms with Crippen LogP contribution in [0.25, 0.3) is 0 Å². The highest BCUT2D eigenvalue weighted by atomic mass is 16.7. The summed E-state index contributed by atoms with van der Waals surface area (Å²) in [6.07, 6.45) is 15.6. The maximum atomic E-state index is 12.6. The summed E-state index contributed by atoms with van der Waals surface area (Å²) in [6, 6.07) is 0. The smallest absolute Gasteiger partial charge is 0.341 e. The van der Waals surface area contributed by atoms with E-state index in [-0.39, 0.29) is 23.4 Å². The summed E-state index contributed by atoms with van der Waals surface area (Å²) >= 11 is 0. The largest absolute Gasteiger partial charge is 0.465 e. The predicted molar refractivity (Wildman–Crippen MR) is 97.5 cm³/mol. The van der Waals surface area contributed by atoms with Gasteiger partial charge in [0.15, 0.2) is 11.6 Å². The van der Waals surface area contributed by atoms with Crippen molar-refractivity contribution in [2.45, 2.75) is 76.1 Å². The van der Waals surface area contributed by atoms with Crippen molar-refractivity contribution in [1.29, 1.82) is 0 Å². The first-order valence-corrected chi connectivity index (χ1v) is 9.96. The second kappa shape index (κ2) is 8.96. The highest BCUT2D eigenvalue weighted by molar-refractivity contribution is 6.21. The Bertz CT molecular complexity index is 565. The van der Waals surface area contributed by atoms with Gasteiger partial charge in [-0.1, -0.05) is 31.8 Å². The van der Waals surface area contributed by atoms with Crippen LogP contribution < -0.4 is 0 Å². The van der Waals surface area contributed by atoms with Crippen LogP contribution >= 0.6 is 0 Å². The minimum absolute atomic E-state index is 0.141. The fourth-order valence-corrected chi connectivity index (χ4v) is 4.21. The fourth-order valence-electron chi connectivity index (χ4n) is 4.21. The van der Waals surface area contributed by atoms with Gasteiger partial charge in [0.25, 0.3) is 0 Å². The number of ether oxygens (including phenoxy) is 3. The van der Waals surface area contributed by atoms with Crippen LogP contribution in [0.1, 0.15) is 64.2 Å². The van der Waals surface area contributed by atoms with Crippen LogP contribution in [-0.2, 0) is 23.8 Å². The average molecular weight is 362 g/mol. The Morgan fingerprint density at radius 2 is 1.73 bits per heavy atom. The molecule has 144 valence electrons. The van der Waals surface area contributed by atoms with Gasteiger partial charge in [-0.3, -0.25) is 4.79 Å². The summed E-state index contributed by atoms with van der Waals surface area (Å²) in [7, 11) is 1.31. The Kier molecular flexibility index (Phi) is 6.65. The molecular formula is C21H30O5. The van der Waals surface area contributed by atoms with Crippen LogP contribution in [0.3, 0.4) is 0 Å². The van der Waals surface area contributed by atoms with Gasteiger partial charge in [0, 0.05) is 12.8 Å². The molecule has 0 amide bonds. The van der Waals surface area contributed by atoms with E-state index in [1.54, 1.807) is 6.08 Å². The van der Waals surface area contributed by atoms with Crippen LogP contribution in [0.2, 0.25) is 0 Å². The molecule has 0 aromatic carbocycles. The molecule has 1 saturated heterocycles. The number of methoxy groups -OCH3 is 1. The lowest BCUT2D eigenvalue weighted by Gasteiger charge is -2.31. The Hall–Kier alpha value is -1.46. The molecule has 0 bridgehead atoms. The van der Waals surface area contributed by atoms with E-state index in [1.807, 2.05) is 6.08 Å². The van der Waals surface area contributed by atoms with Crippen LogP contribution in [-0.4, -0.2) is 37.4 Å². The van der Waals surface area contributed by atoms with Crippen molar-refractivity contribution in [3.05, 3.63) is 23.8 Å². The molecule has 1 spiro atoms. The fraction of sp³-hybridized carbons (Fsp3) is 0.714. The van der Waals surface area contributed by atoms with Gasteiger partial charge >= 0.3 is 5.97 Å². The molecule has 0 radical (unpaired) electrons. The minimum Gasteiger partial charge on any atom is -0.465 e. The molecule has 1 atom stereocenters. The molecule has 26 heavy (non-hydrogen) atoms. The van der Waals surface area contributed by atoms with E-state index in [0.29, 0.717) is 6.61 Å². The molecule has 0 unspecified atom stereocenters. The molecule has 1 heterocycles. The van der Waals surface area contributed by atoms with Gasteiger partial charge in [-0.2, -0.15) is 0 Å². The molecule has 0 N–H and O–H groups in total. The van der Waals surface area contributed by atoms with E-state index in [1.165, 1.54) is 26.0 Å². The normalized spacial score (nSPS) is 27.1. The molecule has 3 rings (SSSR count). The van der Waals surface area contributed by atoms with Crippen molar-refractivity contribution in [2.75, 3.05) is 13.7 Å². The van der Waals surface area contributed by atoms with Crippen LogP contribution in [0, 0.1) is 5.92 Å². The van der Waals surface area contributed by atoms with Gasteiger partial charge in [0.2, 0.25) is 0 Å². The summed E-state index contributed by atoms with van der Waals surface area (Å²) in [4.78, 5) is 24.7. The lowest BCUT2D eigenvalue weighted by Crippen LogP contribution is -2.33. The number of hydrogen-bond donors (Lipinski definition) is 0. The molecule has 3 aliphatic rings. The first-order chi connectivity index (χ1) is 12.6. The zero-order valence-corrected chi connectivity index (χ0v) is 15.7. The highest BCUT2D eigenvalue weighted by Crippen LogP contribution is 2.38. The zero-order chi connectivity index (χ0) is 18.4. The molecule has 2 aliphatic carbocycles. The number of allylic oxidation sites excluding steroid dienone is 2. The van der Waals surface area contributed by atoms with Gasteiger partial charge in [-0.05, 0) is 43.8 Å². The Morgan fingerprint density at radius 1 is 1.04 bits per heavy atom. The average Bonchev–Trinajstić information content (AvgIpc) is 3.07. The standard InChI is InChI=1S/C21H30O5/c1-24-20(23)18(14-16-8-4-2-5-9-16)19(22)11-10-17-15-25-21(26-17)12-6-3-7-13-21/h10-11,14,16-17H,2-9,12-13,15H2,1H3/b11-10+,18-14-/t17-/m0/s1. The van der Waals surface area contributed by atoms with Crippen molar-refractivity contribution in [3.8, 4) is 0 Å². The first-order valence-electron chi connectivity index (χ1n) is 9.96. The molecule has 0 aromatic heterocycles. The zero-order valence-electron chi connectivity index (χ0n) is 15.7. The third kappa shape index (κ3) is 4.83. The van der Waals surface area contributed by atoms with Gasteiger partial charge in [-0.15, -0.1) is 0 Å². The molecule has 0 aromatic rings. The number of carbonyl (C=O) groups excluding carboxylic acids is 2. The molecular weight excluding hydrogens is 332 g/mol. The third-order valence-electron chi connectivity index (χ3n) is 5.68. The van der Waals surface area contributed by atoms with E-state index in [2.05, 4.69) is 0 Å². The Balaban J connectivity index is 1.62. The van der Waals surface area contributed by atoms with Crippen molar-refractivity contribution in [3.63, 3.8) is 0 Å². The quantitative estimate of drug-likeness (QED) is 0.322. The van der Waals surface area contributed by atoms with Gasteiger partial charge in [-0.25, -0.2) is 4.79 Å². The topological polar surface area (TPSA) is 61.8 Å².